The minimum absolute atomic E-state index is 0.177. The molecule has 2 atom stereocenters. The van der Waals surface area contributed by atoms with Crippen LogP contribution in [0.2, 0.25) is 0 Å². The topological polar surface area (TPSA) is 78.5 Å². The Labute approximate surface area is 217 Å². The summed E-state index contributed by atoms with van der Waals surface area (Å²) < 4.78 is 30.6. The molecule has 3 aromatic carbocycles. The number of hydrogen-bond acceptors (Lipinski definition) is 4. The Morgan fingerprint density at radius 3 is 2.44 bits per heavy atom. The number of hydrogen-bond donors (Lipinski definition) is 2. The zero-order valence-electron chi connectivity index (χ0n) is 20.0. The van der Waals surface area contributed by atoms with Crippen molar-refractivity contribution >= 4 is 38.9 Å². The van der Waals surface area contributed by atoms with Crippen LogP contribution < -0.4 is 14.9 Å². The van der Waals surface area contributed by atoms with Crippen LogP contribution in [0.3, 0.4) is 0 Å². The van der Waals surface area contributed by atoms with Crippen molar-refractivity contribution in [1.82, 2.24) is 4.72 Å². The first-order chi connectivity index (χ1) is 17.4. The second kappa shape index (κ2) is 10.6. The van der Waals surface area contributed by atoms with E-state index in [1.807, 2.05) is 36.4 Å². The molecule has 0 bridgehead atoms. The van der Waals surface area contributed by atoms with E-state index in [9.17, 15) is 13.2 Å². The van der Waals surface area contributed by atoms with Crippen molar-refractivity contribution in [2.24, 2.45) is 0 Å². The highest BCUT2D eigenvalue weighted by molar-refractivity contribution is 7.89. The highest BCUT2D eigenvalue weighted by atomic mass is 35.5. The van der Waals surface area contributed by atoms with Crippen molar-refractivity contribution < 1.29 is 13.2 Å². The second-order valence-corrected chi connectivity index (χ2v) is 11.5. The van der Waals surface area contributed by atoms with Crippen LogP contribution in [0.1, 0.15) is 53.8 Å². The van der Waals surface area contributed by atoms with Crippen LogP contribution in [0.4, 0.5) is 11.4 Å². The fraction of sp³-hybridized carbons (Fsp3) is 0.321. The summed E-state index contributed by atoms with van der Waals surface area (Å²) >= 11 is 6.40. The number of sulfonamides is 1. The maximum atomic E-state index is 13.8. The molecule has 0 spiro atoms. The molecule has 1 heterocycles. The van der Waals surface area contributed by atoms with Crippen molar-refractivity contribution in [3.63, 3.8) is 0 Å². The number of benzene rings is 3. The lowest BCUT2D eigenvalue weighted by molar-refractivity contribution is -0.116. The zero-order chi connectivity index (χ0) is 25.1. The molecule has 2 N–H and O–H groups in total. The van der Waals surface area contributed by atoms with Gasteiger partial charge in [-0.25, -0.2) is 13.1 Å². The van der Waals surface area contributed by atoms with E-state index in [2.05, 4.69) is 21.0 Å². The van der Waals surface area contributed by atoms with Crippen LogP contribution in [0, 0.1) is 0 Å². The SMILES string of the molecule is O=C(Nc1ccc(N2CCCC2)c(S(=O)(=O)N[C@@H]2CCCc3ccccc32)c1)[C@H](Cl)c1ccccc1. The molecule has 0 saturated carbocycles. The predicted molar refractivity (Wildman–Crippen MR) is 144 cm³/mol. The van der Waals surface area contributed by atoms with Crippen LogP contribution >= 0.6 is 11.6 Å². The predicted octanol–water partition coefficient (Wildman–Crippen LogP) is 5.56. The fourth-order valence-corrected chi connectivity index (χ4v) is 6.83. The van der Waals surface area contributed by atoms with Gasteiger partial charge in [-0.2, -0.15) is 0 Å². The molecule has 6 nitrogen and oxygen atoms in total. The lowest BCUT2D eigenvalue weighted by Crippen LogP contribution is -2.32. The van der Waals surface area contributed by atoms with Crippen LogP contribution in [-0.4, -0.2) is 27.4 Å². The molecule has 1 aliphatic carbocycles. The second-order valence-electron chi connectivity index (χ2n) is 9.40. The molecule has 1 fully saturated rings. The smallest absolute Gasteiger partial charge is 0.246 e. The number of carbonyl (C=O) groups is 1. The van der Waals surface area contributed by atoms with Gasteiger partial charge >= 0.3 is 0 Å². The van der Waals surface area contributed by atoms with E-state index in [1.54, 1.807) is 30.3 Å². The number of fused-ring (bicyclic) bond motifs is 1. The van der Waals surface area contributed by atoms with E-state index in [4.69, 9.17) is 11.6 Å². The summed E-state index contributed by atoms with van der Waals surface area (Å²) in [5.74, 6) is -0.408. The van der Waals surface area contributed by atoms with E-state index in [0.717, 1.165) is 50.8 Å². The summed E-state index contributed by atoms with van der Waals surface area (Å²) in [6, 6.07) is 21.9. The summed E-state index contributed by atoms with van der Waals surface area (Å²) in [6.45, 7) is 1.61. The van der Waals surface area contributed by atoms with Crippen LogP contribution in [0.5, 0.6) is 0 Å². The first-order valence-corrected chi connectivity index (χ1v) is 14.3. The average Bonchev–Trinajstić information content (AvgIpc) is 3.44. The number of alkyl halides is 1. The van der Waals surface area contributed by atoms with E-state index in [-0.39, 0.29) is 10.9 Å². The van der Waals surface area contributed by atoms with Gasteiger partial charge in [0.05, 0.1) is 5.69 Å². The molecule has 5 rings (SSSR count). The number of rotatable bonds is 7. The van der Waals surface area contributed by atoms with Gasteiger partial charge in [0.15, 0.2) is 0 Å². The van der Waals surface area contributed by atoms with Crippen molar-refractivity contribution in [2.45, 2.75) is 48.4 Å². The van der Waals surface area contributed by atoms with Crippen molar-refractivity contribution in [3.8, 4) is 0 Å². The van der Waals surface area contributed by atoms with Gasteiger partial charge in [-0.3, -0.25) is 4.79 Å². The molecule has 188 valence electrons. The van der Waals surface area contributed by atoms with Gasteiger partial charge in [0, 0.05) is 24.8 Å². The summed E-state index contributed by atoms with van der Waals surface area (Å²) in [5, 5.41) is 1.92. The van der Waals surface area contributed by atoms with Gasteiger partial charge in [0.2, 0.25) is 15.9 Å². The van der Waals surface area contributed by atoms with E-state index in [0.29, 0.717) is 16.9 Å². The number of carbonyl (C=O) groups excluding carboxylic acids is 1. The molecule has 36 heavy (non-hydrogen) atoms. The maximum Gasteiger partial charge on any atom is 0.246 e. The summed E-state index contributed by atoms with van der Waals surface area (Å²) in [6.07, 6.45) is 4.67. The molecule has 0 aromatic heterocycles. The van der Waals surface area contributed by atoms with Crippen LogP contribution in [0.25, 0.3) is 0 Å². The van der Waals surface area contributed by atoms with Crippen molar-refractivity contribution in [2.75, 3.05) is 23.3 Å². The number of nitrogens with zero attached hydrogens (tertiary/aromatic N) is 1. The van der Waals surface area contributed by atoms with Crippen molar-refractivity contribution in [3.05, 3.63) is 89.5 Å². The molecule has 0 radical (unpaired) electrons. The van der Waals surface area contributed by atoms with Gasteiger partial charge in [-0.15, -0.1) is 11.6 Å². The van der Waals surface area contributed by atoms with Gasteiger partial charge < -0.3 is 10.2 Å². The fourth-order valence-electron chi connectivity index (χ4n) is 5.13. The third kappa shape index (κ3) is 5.28. The van der Waals surface area contributed by atoms with Gasteiger partial charge in [-0.05, 0) is 67.0 Å². The summed E-state index contributed by atoms with van der Waals surface area (Å²) in [7, 11) is -3.88. The van der Waals surface area contributed by atoms with Crippen LogP contribution in [0.15, 0.2) is 77.7 Å². The summed E-state index contributed by atoms with van der Waals surface area (Å²) in [4.78, 5) is 15.1. The third-order valence-electron chi connectivity index (χ3n) is 6.95. The number of aryl methyl sites for hydroxylation is 1. The first-order valence-electron chi connectivity index (χ1n) is 12.4. The molecule has 0 unspecified atom stereocenters. The Hall–Kier alpha value is -2.87. The maximum absolute atomic E-state index is 13.8. The monoisotopic (exact) mass is 523 g/mol. The van der Waals surface area contributed by atoms with Gasteiger partial charge in [0.1, 0.15) is 10.3 Å². The number of nitrogens with one attached hydrogen (secondary N) is 2. The average molecular weight is 524 g/mol. The number of amides is 1. The molecule has 1 aliphatic heterocycles. The number of anilines is 2. The van der Waals surface area contributed by atoms with E-state index >= 15 is 0 Å². The Balaban J connectivity index is 1.45. The number of halogens is 1. The lowest BCUT2D eigenvalue weighted by atomic mass is 9.88. The molecular weight excluding hydrogens is 494 g/mol. The Bertz CT molecular complexity index is 1340. The minimum Gasteiger partial charge on any atom is -0.370 e. The molecule has 1 amide bonds. The van der Waals surface area contributed by atoms with Gasteiger partial charge in [0.25, 0.3) is 0 Å². The molecule has 3 aromatic rings. The minimum atomic E-state index is -3.88. The third-order valence-corrected chi connectivity index (χ3v) is 8.90. The largest absolute Gasteiger partial charge is 0.370 e. The van der Waals surface area contributed by atoms with Crippen LogP contribution in [-0.2, 0) is 21.2 Å². The highest BCUT2D eigenvalue weighted by Crippen LogP contribution is 2.35. The quantitative estimate of drug-likeness (QED) is 0.397. The molecule has 2 aliphatic rings. The summed E-state index contributed by atoms with van der Waals surface area (Å²) in [5.41, 5.74) is 3.95. The zero-order valence-corrected chi connectivity index (χ0v) is 21.6. The van der Waals surface area contributed by atoms with E-state index < -0.39 is 21.3 Å². The Morgan fingerprint density at radius 1 is 0.944 bits per heavy atom. The van der Waals surface area contributed by atoms with Crippen molar-refractivity contribution in [1.29, 1.82) is 0 Å². The normalized spacial score (nSPS) is 18.5. The Kier molecular flexibility index (Phi) is 7.32. The molecule has 8 heteroatoms. The Morgan fingerprint density at radius 2 is 1.67 bits per heavy atom. The molecule has 1 saturated heterocycles. The van der Waals surface area contributed by atoms with E-state index in [1.165, 1.54) is 5.56 Å². The first kappa shape index (κ1) is 24.8. The standard InChI is InChI=1S/C28H30ClN3O3S/c29-27(21-10-2-1-3-11-21)28(33)30-22-15-16-25(32-17-6-7-18-32)26(19-22)36(34,35)31-24-14-8-12-20-9-4-5-13-23(20)24/h1-5,9-11,13,15-16,19,24,27,31H,6-8,12,14,17-18H2,(H,30,33)/t24-,27-/m1/s1. The van der Waals surface area contributed by atoms with Gasteiger partial charge in [-0.1, -0.05) is 54.6 Å². The highest BCUT2D eigenvalue weighted by Gasteiger charge is 2.30. The molecular formula is C28H30ClN3O3S. The lowest BCUT2D eigenvalue weighted by Gasteiger charge is -2.28.